The van der Waals surface area contributed by atoms with Crippen molar-refractivity contribution in [3.63, 3.8) is 0 Å². The molecule has 2 amide bonds. The zero-order valence-corrected chi connectivity index (χ0v) is 13.9. The predicted octanol–water partition coefficient (Wildman–Crippen LogP) is 1.44. The molecule has 1 saturated heterocycles. The summed E-state index contributed by atoms with van der Waals surface area (Å²) in [5.74, 6) is 1.93. The van der Waals surface area contributed by atoms with Crippen molar-refractivity contribution in [3.05, 3.63) is 18.0 Å². The summed E-state index contributed by atoms with van der Waals surface area (Å²) in [6.45, 7) is 4.33. The van der Waals surface area contributed by atoms with Crippen LogP contribution in [0.15, 0.2) is 12.4 Å². The van der Waals surface area contributed by atoms with E-state index in [0.717, 1.165) is 49.6 Å². The van der Waals surface area contributed by atoms with E-state index in [-0.39, 0.29) is 6.03 Å². The van der Waals surface area contributed by atoms with Crippen molar-refractivity contribution in [2.45, 2.75) is 38.3 Å². The second kappa shape index (κ2) is 6.15. The van der Waals surface area contributed by atoms with Gasteiger partial charge in [-0.15, -0.1) is 0 Å². The summed E-state index contributed by atoms with van der Waals surface area (Å²) in [4.78, 5) is 16.9. The van der Waals surface area contributed by atoms with E-state index >= 15 is 0 Å². The molecule has 0 aromatic carbocycles. The molecule has 0 radical (unpaired) electrons. The molecule has 3 aliphatic rings. The van der Waals surface area contributed by atoms with Crippen LogP contribution in [0.25, 0.3) is 0 Å². The molecule has 23 heavy (non-hydrogen) atoms. The van der Waals surface area contributed by atoms with Gasteiger partial charge in [-0.1, -0.05) is 6.42 Å². The Morgan fingerprint density at radius 3 is 2.70 bits per heavy atom. The highest BCUT2D eigenvalue weighted by Crippen LogP contribution is 2.46. The number of aryl methyl sites for hydroxylation is 1. The quantitative estimate of drug-likeness (QED) is 0.918. The van der Waals surface area contributed by atoms with Crippen LogP contribution in [-0.4, -0.2) is 57.8 Å². The van der Waals surface area contributed by atoms with Gasteiger partial charge in [-0.3, -0.25) is 9.58 Å². The molecule has 2 heterocycles. The van der Waals surface area contributed by atoms with Crippen LogP contribution in [0.2, 0.25) is 0 Å². The van der Waals surface area contributed by atoms with Gasteiger partial charge < -0.3 is 10.2 Å². The van der Waals surface area contributed by atoms with Gasteiger partial charge in [0.2, 0.25) is 0 Å². The fourth-order valence-corrected chi connectivity index (χ4v) is 4.77. The summed E-state index contributed by atoms with van der Waals surface area (Å²) in [5, 5.41) is 7.13. The Morgan fingerprint density at radius 1 is 1.26 bits per heavy atom. The predicted molar refractivity (Wildman–Crippen MR) is 87.8 cm³/mol. The van der Waals surface area contributed by atoms with Crippen LogP contribution in [-0.2, 0) is 13.6 Å². The molecule has 6 nitrogen and oxygen atoms in total. The van der Waals surface area contributed by atoms with E-state index in [0.29, 0.717) is 6.54 Å². The van der Waals surface area contributed by atoms with Gasteiger partial charge >= 0.3 is 6.03 Å². The molecule has 1 aromatic heterocycles. The number of rotatable bonds is 3. The first kappa shape index (κ1) is 15.0. The maximum Gasteiger partial charge on any atom is 0.317 e. The van der Waals surface area contributed by atoms with Crippen LogP contribution < -0.4 is 5.32 Å². The van der Waals surface area contributed by atoms with Crippen LogP contribution in [0, 0.1) is 11.8 Å². The van der Waals surface area contributed by atoms with Gasteiger partial charge in [0.25, 0.3) is 0 Å². The lowest BCUT2D eigenvalue weighted by atomic mass is 9.93. The summed E-state index contributed by atoms with van der Waals surface area (Å²) in [5.41, 5.74) is 1.04. The van der Waals surface area contributed by atoms with E-state index in [1.54, 1.807) is 10.9 Å². The first-order chi connectivity index (χ1) is 11.2. The van der Waals surface area contributed by atoms with Crippen molar-refractivity contribution < 1.29 is 4.79 Å². The highest BCUT2D eigenvalue weighted by atomic mass is 16.2. The van der Waals surface area contributed by atoms with Gasteiger partial charge in [-0.05, 0) is 31.1 Å². The number of amides is 2. The van der Waals surface area contributed by atoms with Crippen LogP contribution >= 0.6 is 0 Å². The minimum atomic E-state index is 0.0569. The minimum Gasteiger partial charge on any atom is -0.334 e. The zero-order chi connectivity index (χ0) is 15.8. The number of hydrogen-bond donors (Lipinski definition) is 1. The average Bonchev–Trinajstić information content (AvgIpc) is 3.29. The number of nitrogens with zero attached hydrogens (tertiary/aromatic N) is 4. The molecule has 1 aromatic rings. The number of carbonyl (C=O) groups is 1. The van der Waals surface area contributed by atoms with Gasteiger partial charge in [-0.25, -0.2) is 4.79 Å². The molecule has 1 aliphatic heterocycles. The first-order valence-corrected chi connectivity index (χ1v) is 8.93. The molecule has 3 atom stereocenters. The molecule has 2 bridgehead atoms. The summed E-state index contributed by atoms with van der Waals surface area (Å²) in [6, 6.07) is 0.857. The highest BCUT2D eigenvalue weighted by Gasteiger charge is 2.42. The summed E-state index contributed by atoms with van der Waals surface area (Å²) in [7, 11) is 1.89. The van der Waals surface area contributed by atoms with Crippen LogP contribution in [0.1, 0.15) is 31.2 Å². The van der Waals surface area contributed by atoms with Crippen LogP contribution in [0.5, 0.6) is 0 Å². The van der Waals surface area contributed by atoms with Gasteiger partial charge in [0, 0.05) is 57.6 Å². The van der Waals surface area contributed by atoms with Gasteiger partial charge in [0.15, 0.2) is 0 Å². The van der Waals surface area contributed by atoms with Gasteiger partial charge in [-0.2, -0.15) is 5.10 Å². The molecular weight excluding hydrogens is 290 g/mol. The van der Waals surface area contributed by atoms with E-state index in [1.807, 2.05) is 18.1 Å². The Hall–Kier alpha value is -1.56. The van der Waals surface area contributed by atoms with Crippen molar-refractivity contribution >= 4 is 6.03 Å². The number of aromatic nitrogens is 2. The zero-order valence-electron chi connectivity index (χ0n) is 13.9. The maximum absolute atomic E-state index is 12.3. The Balaban J connectivity index is 1.23. The number of piperazine rings is 1. The fraction of sp³-hybridized carbons (Fsp3) is 0.765. The molecule has 3 fully saturated rings. The topological polar surface area (TPSA) is 53.4 Å². The second-order valence-electron chi connectivity index (χ2n) is 7.45. The lowest BCUT2D eigenvalue weighted by Gasteiger charge is -2.40. The Labute approximate surface area is 137 Å². The highest BCUT2D eigenvalue weighted by molar-refractivity contribution is 5.74. The van der Waals surface area contributed by atoms with Crippen molar-refractivity contribution in [1.29, 1.82) is 0 Å². The Bertz CT molecular complexity index is 563. The third kappa shape index (κ3) is 3.09. The maximum atomic E-state index is 12.3. The molecule has 0 spiro atoms. The smallest absolute Gasteiger partial charge is 0.317 e. The number of hydrogen-bond acceptors (Lipinski definition) is 3. The van der Waals surface area contributed by atoms with Gasteiger partial charge in [0.1, 0.15) is 0 Å². The molecule has 6 heteroatoms. The number of nitrogens with one attached hydrogen (secondary N) is 1. The molecule has 4 rings (SSSR count). The van der Waals surface area contributed by atoms with Crippen molar-refractivity contribution in [1.82, 2.24) is 24.9 Å². The van der Waals surface area contributed by atoms with E-state index in [1.165, 1.54) is 25.7 Å². The molecule has 3 unspecified atom stereocenters. The lowest BCUT2D eigenvalue weighted by molar-refractivity contribution is 0.0826. The largest absolute Gasteiger partial charge is 0.334 e. The third-order valence-electron chi connectivity index (χ3n) is 5.97. The van der Waals surface area contributed by atoms with Gasteiger partial charge in [0.05, 0.1) is 6.20 Å². The SMILES string of the molecule is Cn1cc(CNC(=O)N2CCN(C3CC4CCC3C4)CC2)cn1. The van der Waals surface area contributed by atoms with E-state index in [9.17, 15) is 4.79 Å². The number of fused-ring (bicyclic) bond motifs is 2. The first-order valence-electron chi connectivity index (χ1n) is 8.93. The normalized spacial score (nSPS) is 30.8. The summed E-state index contributed by atoms with van der Waals surface area (Å²) in [6.07, 6.45) is 9.48. The Kier molecular flexibility index (Phi) is 4.01. The molecule has 2 saturated carbocycles. The van der Waals surface area contributed by atoms with E-state index in [2.05, 4.69) is 15.3 Å². The lowest BCUT2D eigenvalue weighted by Crippen LogP contribution is -2.55. The molecule has 126 valence electrons. The van der Waals surface area contributed by atoms with Crippen LogP contribution in [0.4, 0.5) is 4.79 Å². The second-order valence-corrected chi connectivity index (χ2v) is 7.45. The summed E-state index contributed by atoms with van der Waals surface area (Å²) >= 11 is 0. The van der Waals surface area contributed by atoms with Crippen molar-refractivity contribution in [2.24, 2.45) is 18.9 Å². The fourth-order valence-electron chi connectivity index (χ4n) is 4.77. The Morgan fingerprint density at radius 2 is 2.09 bits per heavy atom. The molecule has 2 aliphatic carbocycles. The van der Waals surface area contributed by atoms with Crippen LogP contribution in [0.3, 0.4) is 0 Å². The van der Waals surface area contributed by atoms with Crippen molar-refractivity contribution in [3.8, 4) is 0 Å². The van der Waals surface area contributed by atoms with Crippen molar-refractivity contribution in [2.75, 3.05) is 26.2 Å². The molecular formula is C17H27N5O. The third-order valence-corrected chi connectivity index (χ3v) is 5.97. The number of urea groups is 1. The average molecular weight is 317 g/mol. The molecule has 1 N–H and O–H groups in total. The van der Waals surface area contributed by atoms with E-state index < -0.39 is 0 Å². The standard InChI is InChI=1S/C17H27N5O/c1-20-12-14(11-19-20)10-18-17(23)22-6-4-21(5-7-22)16-9-13-2-3-15(16)8-13/h11-13,15-16H,2-10H2,1H3,(H,18,23). The number of carbonyl (C=O) groups excluding carboxylic acids is 1. The van der Waals surface area contributed by atoms with E-state index in [4.69, 9.17) is 0 Å². The monoisotopic (exact) mass is 317 g/mol. The minimum absolute atomic E-state index is 0.0569. The summed E-state index contributed by atoms with van der Waals surface area (Å²) < 4.78 is 1.76.